The van der Waals surface area contributed by atoms with E-state index in [0.717, 1.165) is 16.9 Å². The summed E-state index contributed by atoms with van der Waals surface area (Å²) >= 11 is 0. The fourth-order valence-corrected chi connectivity index (χ4v) is 2.80. The molecule has 6 nitrogen and oxygen atoms in total. The lowest BCUT2D eigenvalue weighted by Gasteiger charge is -2.19. The van der Waals surface area contributed by atoms with Crippen molar-refractivity contribution in [3.05, 3.63) is 48.3 Å². The molecule has 0 spiro atoms. The Morgan fingerprint density at radius 1 is 1.44 bits per heavy atom. The molecule has 0 aliphatic heterocycles. The Bertz CT molecular complexity index is 958. The molecule has 4 rings (SSSR count). The molecule has 3 aromatic heterocycles. The van der Waals surface area contributed by atoms with E-state index < -0.39 is 0 Å². The van der Waals surface area contributed by atoms with Crippen molar-refractivity contribution in [3.63, 3.8) is 0 Å². The zero-order valence-corrected chi connectivity index (χ0v) is 14.0. The number of fused-ring (bicyclic) bond motifs is 1. The highest BCUT2D eigenvalue weighted by molar-refractivity contribution is 5.96. The van der Waals surface area contributed by atoms with Gasteiger partial charge in [-0.2, -0.15) is 0 Å². The molecule has 0 aromatic carbocycles. The first-order valence-electron chi connectivity index (χ1n) is 8.30. The molecule has 1 fully saturated rings. The molecule has 126 valence electrons. The summed E-state index contributed by atoms with van der Waals surface area (Å²) in [5.74, 6) is 6.37. The van der Waals surface area contributed by atoms with E-state index in [-0.39, 0.29) is 5.91 Å². The Balaban J connectivity index is 1.61. The molecule has 6 heteroatoms. The monoisotopic (exact) mass is 334 g/mol. The summed E-state index contributed by atoms with van der Waals surface area (Å²) in [4.78, 5) is 23.4. The van der Waals surface area contributed by atoms with Gasteiger partial charge in [-0.3, -0.25) is 4.79 Å². The van der Waals surface area contributed by atoms with Gasteiger partial charge in [-0.05, 0) is 38.0 Å². The van der Waals surface area contributed by atoms with Crippen LogP contribution in [0.15, 0.2) is 41.4 Å². The summed E-state index contributed by atoms with van der Waals surface area (Å²) in [6.07, 6.45) is 7.37. The van der Waals surface area contributed by atoms with E-state index >= 15 is 0 Å². The van der Waals surface area contributed by atoms with Crippen LogP contribution in [0.4, 0.5) is 0 Å². The van der Waals surface area contributed by atoms with Crippen LogP contribution in [0, 0.1) is 11.8 Å². The zero-order chi connectivity index (χ0) is 17.2. The van der Waals surface area contributed by atoms with Gasteiger partial charge < -0.3 is 13.9 Å². The van der Waals surface area contributed by atoms with Gasteiger partial charge in [0.25, 0.3) is 5.91 Å². The Hall–Kier alpha value is -3.07. The second-order valence-corrected chi connectivity index (χ2v) is 6.12. The Morgan fingerprint density at radius 2 is 2.32 bits per heavy atom. The first-order chi connectivity index (χ1) is 12.3. The van der Waals surface area contributed by atoms with E-state index in [1.807, 2.05) is 18.5 Å². The van der Waals surface area contributed by atoms with Gasteiger partial charge >= 0.3 is 0 Å². The average molecular weight is 334 g/mol. The summed E-state index contributed by atoms with van der Waals surface area (Å²) in [6.45, 7) is 2.47. The highest BCUT2D eigenvalue weighted by Gasteiger charge is 2.26. The first kappa shape index (κ1) is 15.5. The van der Waals surface area contributed by atoms with Gasteiger partial charge in [0.2, 0.25) is 0 Å². The van der Waals surface area contributed by atoms with Crippen LogP contribution in [-0.4, -0.2) is 31.9 Å². The molecule has 1 aliphatic carbocycles. The minimum atomic E-state index is -0.130. The van der Waals surface area contributed by atoms with Crippen molar-refractivity contribution in [2.45, 2.75) is 32.4 Å². The van der Waals surface area contributed by atoms with Gasteiger partial charge in [-0.15, -0.1) is 5.92 Å². The molecule has 0 bridgehead atoms. The maximum atomic E-state index is 12.9. The summed E-state index contributed by atoms with van der Waals surface area (Å²) in [6, 6.07) is 5.97. The van der Waals surface area contributed by atoms with Crippen LogP contribution in [0.1, 0.15) is 41.9 Å². The molecule has 0 unspecified atom stereocenters. The lowest BCUT2D eigenvalue weighted by molar-refractivity contribution is 0.0755. The van der Waals surface area contributed by atoms with Crippen LogP contribution in [0.3, 0.4) is 0 Å². The minimum absolute atomic E-state index is 0.130. The van der Waals surface area contributed by atoms with Gasteiger partial charge in [0.1, 0.15) is 11.3 Å². The van der Waals surface area contributed by atoms with Crippen molar-refractivity contribution in [1.29, 1.82) is 0 Å². The summed E-state index contributed by atoms with van der Waals surface area (Å²) < 4.78 is 7.45. The smallest absolute Gasteiger partial charge is 0.256 e. The number of pyridine rings is 1. The van der Waals surface area contributed by atoms with E-state index in [4.69, 9.17) is 4.42 Å². The van der Waals surface area contributed by atoms with Crippen molar-refractivity contribution in [1.82, 2.24) is 19.4 Å². The average Bonchev–Trinajstić information content (AvgIpc) is 3.18. The number of amides is 1. The van der Waals surface area contributed by atoms with Crippen molar-refractivity contribution >= 4 is 17.1 Å². The topological polar surface area (TPSA) is 64.2 Å². The van der Waals surface area contributed by atoms with E-state index in [2.05, 4.69) is 26.4 Å². The van der Waals surface area contributed by atoms with Gasteiger partial charge in [0.15, 0.2) is 5.65 Å². The number of nitrogens with zero attached hydrogens (tertiary/aromatic N) is 4. The summed E-state index contributed by atoms with van der Waals surface area (Å²) in [5, 5.41) is 0. The number of hydrogen-bond donors (Lipinski definition) is 0. The predicted molar refractivity (Wildman–Crippen MR) is 92.7 cm³/mol. The van der Waals surface area contributed by atoms with E-state index in [0.29, 0.717) is 24.7 Å². The lowest BCUT2D eigenvalue weighted by Crippen LogP contribution is -2.31. The number of carbonyl (C=O) groups excluding carboxylic acids is 1. The Morgan fingerprint density at radius 3 is 3.04 bits per heavy atom. The van der Waals surface area contributed by atoms with Crippen molar-refractivity contribution in [2.75, 3.05) is 6.54 Å². The number of imidazole rings is 1. The maximum Gasteiger partial charge on any atom is 0.256 e. The highest BCUT2D eigenvalue weighted by Crippen LogP contribution is 2.36. The predicted octanol–water partition coefficient (Wildman–Crippen LogP) is 3.02. The molecule has 3 heterocycles. The molecule has 0 saturated heterocycles. The zero-order valence-electron chi connectivity index (χ0n) is 14.0. The highest BCUT2D eigenvalue weighted by atomic mass is 16.3. The minimum Gasteiger partial charge on any atom is -0.467 e. The van der Waals surface area contributed by atoms with Crippen molar-refractivity contribution in [2.24, 2.45) is 0 Å². The standard InChI is InChI=1S/C19H18N4O2/c1-2-3-8-22(12-16-5-4-9-25-16)19(24)14-10-17-18(20-11-14)23(13-21-17)15-6-7-15/h4-5,9-11,13,15H,6-8,12H2,1H3. The molecule has 1 amide bonds. The number of hydrogen-bond acceptors (Lipinski definition) is 4. The molecule has 0 atom stereocenters. The molecule has 0 N–H and O–H groups in total. The van der Waals surface area contributed by atoms with Crippen LogP contribution >= 0.6 is 0 Å². The SMILES string of the molecule is CC#CCN(Cc1ccco1)C(=O)c1cnc2c(c1)ncn2C1CC1. The molecular weight excluding hydrogens is 316 g/mol. The van der Waals surface area contributed by atoms with Crippen LogP contribution in [-0.2, 0) is 6.54 Å². The van der Waals surface area contributed by atoms with Crippen molar-refractivity contribution < 1.29 is 9.21 Å². The molecule has 3 aromatic rings. The fourth-order valence-electron chi connectivity index (χ4n) is 2.80. The Kier molecular flexibility index (Phi) is 3.98. The third kappa shape index (κ3) is 3.13. The summed E-state index contributed by atoms with van der Waals surface area (Å²) in [7, 11) is 0. The maximum absolute atomic E-state index is 12.9. The first-order valence-corrected chi connectivity index (χ1v) is 8.30. The van der Waals surface area contributed by atoms with Crippen LogP contribution < -0.4 is 0 Å². The molecule has 1 aliphatic rings. The molecule has 1 saturated carbocycles. The Labute approximate surface area is 145 Å². The van der Waals surface area contributed by atoms with Gasteiger partial charge in [-0.1, -0.05) is 5.92 Å². The second-order valence-electron chi connectivity index (χ2n) is 6.12. The number of rotatable bonds is 5. The normalized spacial score (nSPS) is 13.5. The fraction of sp³-hybridized carbons (Fsp3) is 0.316. The third-order valence-electron chi connectivity index (χ3n) is 4.26. The largest absolute Gasteiger partial charge is 0.467 e. The van der Waals surface area contributed by atoms with Crippen LogP contribution in [0.2, 0.25) is 0 Å². The summed E-state index contributed by atoms with van der Waals surface area (Å²) in [5.41, 5.74) is 2.10. The quantitative estimate of drug-likeness (QED) is 0.673. The van der Waals surface area contributed by atoms with Gasteiger partial charge in [0, 0.05) is 12.2 Å². The molecular formula is C19H18N4O2. The lowest BCUT2D eigenvalue weighted by atomic mass is 10.2. The number of carbonyl (C=O) groups is 1. The molecule has 25 heavy (non-hydrogen) atoms. The molecule has 0 radical (unpaired) electrons. The van der Waals surface area contributed by atoms with Gasteiger partial charge in [-0.25, -0.2) is 9.97 Å². The van der Waals surface area contributed by atoms with Crippen LogP contribution in [0.25, 0.3) is 11.2 Å². The number of furan rings is 1. The van der Waals surface area contributed by atoms with E-state index in [9.17, 15) is 4.79 Å². The van der Waals surface area contributed by atoms with E-state index in [1.54, 1.807) is 30.4 Å². The van der Waals surface area contributed by atoms with Crippen molar-refractivity contribution in [3.8, 4) is 11.8 Å². The second kappa shape index (κ2) is 6.44. The van der Waals surface area contributed by atoms with Crippen LogP contribution in [0.5, 0.6) is 0 Å². The number of aromatic nitrogens is 3. The van der Waals surface area contributed by atoms with E-state index in [1.165, 1.54) is 12.8 Å². The van der Waals surface area contributed by atoms with Gasteiger partial charge in [0.05, 0.1) is 31.2 Å². The third-order valence-corrected chi connectivity index (χ3v) is 4.26.